The van der Waals surface area contributed by atoms with Crippen molar-refractivity contribution in [2.45, 2.75) is 60.3 Å². The number of aliphatic carboxylic acids is 1. The molecule has 2 rings (SSSR count). The van der Waals surface area contributed by atoms with Crippen LogP contribution >= 0.6 is 0 Å². The molecule has 2 aliphatic carbocycles. The fourth-order valence-electron chi connectivity index (χ4n) is 3.63. The van der Waals surface area contributed by atoms with Crippen molar-refractivity contribution in [3.05, 3.63) is 12.2 Å². The number of hydrogen-bond acceptors (Lipinski definition) is 2. The third kappa shape index (κ3) is 4.67. The Labute approximate surface area is 118 Å². The summed E-state index contributed by atoms with van der Waals surface area (Å²) in [6.07, 6.45) is 10.7. The molecule has 0 aromatic rings. The molecular weight excluding hydrogens is 236 g/mol. The summed E-state index contributed by atoms with van der Waals surface area (Å²) in [5, 5.41) is 8.89. The first kappa shape index (κ1) is 16.3. The quantitative estimate of drug-likeness (QED) is 0.630. The van der Waals surface area contributed by atoms with E-state index in [1.807, 2.05) is 0 Å². The molecule has 0 spiro atoms. The first-order valence-electron chi connectivity index (χ1n) is 7.60. The Bertz CT molecular complexity index is 326. The van der Waals surface area contributed by atoms with Crippen LogP contribution in [0.25, 0.3) is 0 Å². The van der Waals surface area contributed by atoms with Gasteiger partial charge in [0, 0.05) is 5.97 Å². The van der Waals surface area contributed by atoms with Gasteiger partial charge in [0.1, 0.15) is 0 Å². The van der Waals surface area contributed by atoms with Gasteiger partial charge in [0.25, 0.3) is 0 Å². The van der Waals surface area contributed by atoms with Gasteiger partial charge in [0.15, 0.2) is 0 Å². The standard InChI is InChI=1S/C15H26.C2H4O2/c1-11-6-5-7-12(2)13-10-15(3,4)14(13)9-8-11;1-2(3)4/h8-9,11-14H,5-7,10H2,1-4H3;1H3,(H,3,4)/p-1/b9-8+;. The highest BCUT2D eigenvalue weighted by atomic mass is 16.4. The summed E-state index contributed by atoms with van der Waals surface area (Å²) in [4.78, 5) is 8.89. The van der Waals surface area contributed by atoms with Crippen LogP contribution in [-0.4, -0.2) is 5.97 Å². The van der Waals surface area contributed by atoms with E-state index in [4.69, 9.17) is 9.90 Å². The van der Waals surface area contributed by atoms with E-state index in [1.165, 1.54) is 25.7 Å². The van der Waals surface area contributed by atoms with Crippen molar-refractivity contribution >= 4 is 5.97 Å². The predicted molar refractivity (Wildman–Crippen MR) is 77.4 cm³/mol. The van der Waals surface area contributed by atoms with Gasteiger partial charge in [-0.2, -0.15) is 0 Å². The summed E-state index contributed by atoms with van der Waals surface area (Å²) in [7, 11) is 0. The minimum Gasteiger partial charge on any atom is -0.550 e. The van der Waals surface area contributed by atoms with Crippen LogP contribution in [-0.2, 0) is 4.79 Å². The Kier molecular flexibility index (Phi) is 5.64. The van der Waals surface area contributed by atoms with Crippen LogP contribution in [0.4, 0.5) is 0 Å². The monoisotopic (exact) mass is 265 g/mol. The van der Waals surface area contributed by atoms with Gasteiger partial charge in [0.05, 0.1) is 0 Å². The zero-order valence-corrected chi connectivity index (χ0v) is 13.1. The molecule has 0 saturated heterocycles. The lowest BCUT2D eigenvalue weighted by atomic mass is 9.52. The largest absolute Gasteiger partial charge is 0.550 e. The van der Waals surface area contributed by atoms with Crippen molar-refractivity contribution in [1.82, 2.24) is 0 Å². The lowest BCUT2D eigenvalue weighted by Crippen LogP contribution is -2.45. The smallest absolute Gasteiger partial charge is 0.0383 e. The molecule has 19 heavy (non-hydrogen) atoms. The van der Waals surface area contributed by atoms with Crippen molar-refractivity contribution in [2.24, 2.45) is 29.1 Å². The maximum absolute atomic E-state index is 8.89. The van der Waals surface area contributed by atoms with Crippen LogP contribution in [0.1, 0.15) is 60.3 Å². The molecular formula is C17H29O2-. The van der Waals surface area contributed by atoms with E-state index < -0.39 is 5.97 Å². The number of rotatable bonds is 0. The normalized spacial score (nSPS) is 38.2. The average molecular weight is 265 g/mol. The van der Waals surface area contributed by atoms with Gasteiger partial charge >= 0.3 is 0 Å². The Morgan fingerprint density at radius 2 is 1.79 bits per heavy atom. The summed E-state index contributed by atoms with van der Waals surface area (Å²) >= 11 is 0. The van der Waals surface area contributed by atoms with Gasteiger partial charge in [-0.05, 0) is 48.9 Å². The minimum absolute atomic E-state index is 0.569. The molecule has 0 aromatic heterocycles. The lowest BCUT2D eigenvalue weighted by Gasteiger charge is -2.53. The minimum atomic E-state index is -1.08. The zero-order chi connectivity index (χ0) is 14.6. The zero-order valence-electron chi connectivity index (χ0n) is 13.1. The van der Waals surface area contributed by atoms with E-state index in [0.29, 0.717) is 5.41 Å². The van der Waals surface area contributed by atoms with E-state index in [2.05, 4.69) is 39.8 Å². The van der Waals surface area contributed by atoms with Gasteiger partial charge < -0.3 is 9.90 Å². The first-order chi connectivity index (χ1) is 8.74. The molecule has 0 aromatic carbocycles. The second kappa shape index (κ2) is 6.58. The topological polar surface area (TPSA) is 40.1 Å². The highest BCUT2D eigenvalue weighted by Gasteiger charge is 2.47. The van der Waals surface area contributed by atoms with Gasteiger partial charge in [-0.3, -0.25) is 0 Å². The summed E-state index contributed by atoms with van der Waals surface area (Å²) in [5.41, 5.74) is 0.569. The van der Waals surface area contributed by atoms with E-state index in [-0.39, 0.29) is 0 Å². The summed E-state index contributed by atoms with van der Waals surface area (Å²) < 4.78 is 0. The lowest BCUT2D eigenvalue weighted by molar-refractivity contribution is -0.302. The van der Waals surface area contributed by atoms with E-state index in [9.17, 15) is 0 Å². The Balaban J connectivity index is 0.000000399. The van der Waals surface area contributed by atoms with Crippen LogP contribution < -0.4 is 5.11 Å². The molecule has 0 N–H and O–H groups in total. The fraction of sp³-hybridized carbons (Fsp3) is 0.824. The highest BCUT2D eigenvalue weighted by Crippen LogP contribution is 2.55. The predicted octanol–water partition coefficient (Wildman–Crippen LogP) is 3.42. The maximum atomic E-state index is 8.89. The third-order valence-electron chi connectivity index (χ3n) is 4.82. The highest BCUT2D eigenvalue weighted by molar-refractivity contribution is 5.60. The fourth-order valence-corrected chi connectivity index (χ4v) is 3.63. The summed E-state index contributed by atoms with van der Waals surface area (Å²) in [6, 6.07) is 0. The second-order valence-corrected chi connectivity index (χ2v) is 7.14. The van der Waals surface area contributed by atoms with Gasteiger partial charge in [0.2, 0.25) is 0 Å². The van der Waals surface area contributed by atoms with Crippen LogP contribution in [0.5, 0.6) is 0 Å². The van der Waals surface area contributed by atoms with Crippen molar-refractivity contribution in [1.29, 1.82) is 0 Å². The van der Waals surface area contributed by atoms with Gasteiger partial charge in [-0.25, -0.2) is 0 Å². The molecule has 110 valence electrons. The Morgan fingerprint density at radius 1 is 1.21 bits per heavy atom. The SMILES string of the molecule is CC(=O)[O-].CC1/C=C/C2C(CC2(C)C)C(C)CCC1. The van der Waals surface area contributed by atoms with Crippen molar-refractivity contribution in [2.75, 3.05) is 0 Å². The molecule has 0 bridgehead atoms. The molecule has 0 aliphatic heterocycles. The van der Waals surface area contributed by atoms with E-state index >= 15 is 0 Å². The maximum Gasteiger partial charge on any atom is 0.0383 e. The average Bonchev–Trinajstić information content (AvgIpc) is 2.29. The summed E-state index contributed by atoms with van der Waals surface area (Å²) in [5.74, 6) is 2.49. The van der Waals surface area contributed by atoms with E-state index in [1.54, 1.807) is 0 Å². The Hall–Kier alpha value is -0.790. The molecule has 4 atom stereocenters. The number of fused-ring (bicyclic) bond motifs is 1. The van der Waals surface area contributed by atoms with Crippen molar-refractivity contribution in [3.63, 3.8) is 0 Å². The molecule has 4 unspecified atom stereocenters. The van der Waals surface area contributed by atoms with Crippen molar-refractivity contribution in [3.8, 4) is 0 Å². The first-order valence-corrected chi connectivity index (χ1v) is 7.60. The molecule has 2 heteroatoms. The summed E-state index contributed by atoms with van der Waals surface area (Å²) in [6.45, 7) is 10.7. The number of carbonyl (C=O) groups is 1. The molecule has 2 aliphatic rings. The molecule has 2 nitrogen and oxygen atoms in total. The number of carboxylic acid groups (broad SMARTS) is 1. The Morgan fingerprint density at radius 3 is 2.32 bits per heavy atom. The third-order valence-corrected chi connectivity index (χ3v) is 4.82. The molecule has 0 heterocycles. The van der Waals surface area contributed by atoms with Crippen LogP contribution in [0.3, 0.4) is 0 Å². The number of hydrogen-bond donors (Lipinski definition) is 0. The van der Waals surface area contributed by atoms with Gasteiger partial charge in [-0.1, -0.05) is 52.7 Å². The molecule has 0 radical (unpaired) electrons. The van der Waals surface area contributed by atoms with E-state index in [0.717, 1.165) is 30.6 Å². The number of carbonyl (C=O) groups excluding carboxylic acids is 1. The van der Waals surface area contributed by atoms with Crippen LogP contribution in [0.2, 0.25) is 0 Å². The van der Waals surface area contributed by atoms with Crippen LogP contribution in [0.15, 0.2) is 12.2 Å². The second-order valence-electron chi connectivity index (χ2n) is 7.14. The van der Waals surface area contributed by atoms with Gasteiger partial charge in [-0.15, -0.1) is 0 Å². The molecule has 1 fully saturated rings. The molecule has 0 amide bonds. The number of allylic oxidation sites excluding steroid dienone is 2. The van der Waals surface area contributed by atoms with Crippen molar-refractivity contribution < 1.29 is 9.90 Å². The number of carboxylic acids is 1. The van der Waals surface area contributed by atoms with Crippen LogP contribution in [0, 0.1) is 29.1 Å². The molecule has 1 saturated carbocycles.